The fraction of sp³-hybridized carbons (Fsp3) is 0.278. The van der Waals surface area contributed by atoms with Gasteiger partial charge in [0, 0.05) is 28.3 Å². The van der Waals surface area contributed by atoms with Crippen molar-refractivity contribution in [3.05, 3.63) is 41.4 Å². The van der Waals surface area contributed by atoms with Crippen LogP contribution in [0.5, 0.6) is 0 Å². The van der Waals surface area contributed by atoms with E-state index < -0.39 is 0 Å². The summed E-state index contributed by atoms with van der Waals surface area (Å²) in [5.74, 6) is 0. The zero-order chi connectivity index (χ0) is 16.0. The van der Waals surface area contributed by atoms with Crippen molar-refractivity contribution < 1.29 is 0 Å². The predicted molar refractivity (Wildman–Crippen MR) is 93.6 cm³/mol. The molecule has 4 N–H and O–H groups in total. The van der Waals surface area contributed by atoms with Crippen LogP contribution in [-0.4, -0.2) is 20.9 Å². The topological polar surface area (TPSA) is 91.4 Å². The molecule has 0 saturated carbocycles. The lowest BCUT2D eigenvalue weighted by Crippen LogP contribution is -2.12. The van der Waals surface area contributed by atoms with Crippen LogP contribution in [0.4, 0.5) is 0 Å². The minimum Gasteiger partial charge on any atom is -0.404 e. The zero-order valence-corrected chi connectivity index (χ0v) is 13.1. The minimum absolute atomic E-state index is 0.455. The summed E-state index contributed by atoms with van der Waals surface area (Å²) in [7, 11) is 0. The molecule has 1 aliphatic carbocycles. The Balaban J connectivity index is 2.14. The molecule has 23 heavy (non-hydrogen) atoms. The molecule has 0 saturated heterocycles. The van der Waals surface area contributed by atoms with Crippen molar-refractivity contribution in [2.24, 2.45) is 5.73 Å². The maximum atomic E-state index is 8.02. The number of rotatable bonds is 2. The van der Waals surface area contributed by atoms with Crippen molar-refractivity contribution in [3.63, 3.8) is 0 Å². The van der Waals surface area contributed by atoms with E-state index in [4.69, 9.17) is 16.1 Å². The van der Waals surface area contributed by atoms with E-state index in [-0.39, 0.29) is 0 Å². The molecule has 2 aromatic heterocycles. The first-order chi connectivity index (χ1) is 11.2. The Morgan fingerprint density at radius 3 is 2.78 bits per heavy atom. The van der Waals surface area contributed by atoms with E-state index in [2.05, 4.69) is 10.2 Å². The second kappa shape index (κ2) is 5.19. The van der Waals surface area contributed by atoms with Gasteiger partial charge in [-0.05, 0) is 55.9 Å². The molecule has 0 aliphatic heterocycles. The van der Waals surface area contributed by atoms with Crippen LogP contribution in [0.3, 0.4) is 0 Å². The van der Waals surface area contributed by atoms with E-state index in [9.17, 15) is 0 Å². The average Bonchev–Trinajstić information content (AvgIpc) is 3.03. The maximum Gasteiger partial charge on any atom is 0.0776 e. The van der Waals surface area contributed by atoms with Crippen LogP contribution < -0.4 is 5.73 Å². The van der Waals surface area contributed by atoms with Crippen LogP contribution >= 0.6 is 0 Å². The largest absolute Gasteiger partial charge is 0.404 e. The molecule has 1 aliphatic rings. The van der Waals surface area contributed by atoms with Crippen LogP contribution in [0.25, 0.3) is 27.4 Å². The molecule has 0 spiro atoms. The molecule has 5 nitrogen and oxygen atoms in total. The molecular weight excluding hydrogens is 286 g/mol. The van der Waals surface area contributed by atoms with Gasteiger partial charge in [0.15, 0.2) is 0 Å². The van der Waals surface area contributed by atoms with Gasteiger partial charge >= 0.3 is 0 Å². The van der Waals surface area contributed by atoms with Crippen LogP contribution in [0.1, 0.15) is 36.6 Å². The number of nitrogens with one attached hydrogen (secondary N) is 2. The first kappa shape index (κ1) is 13.9. The highest BCUT2D eigenvalue weighted by Crippen LogP contribution is 2.36. The third kappa shape index (κ3) is 2.04. The fourth-order valence-electron chi connectivity index (χ4n) is 3.65. The third-order valence-electron chi connectivity index (χ3n) is 4.72. The molecule has 0 bridgehead atoms. The Kier molecular flexibility index (Phi) is 3.15. The summed E-state index contributed by atoms with van der Waals surface area (Å²) in [6.45, 7) is 1.76. The number of nitrogens with zero attached hydrogens (tertiary/aromatic N) is 2. The summed E-state index contributed by atoms with van der Waals surface area (Å²) in [6, 6.07) is 4.04. The molecule has 3 aromatic rings. The summed E-state index contributed by atoms with van der Waals surface area (Å²) in [5.41, 5.74) is 12.5. The summed E-state index contributed by atoms with van der Waals surface area (Å²) < 4.78 is 0. The molecule has 1 aromatic carbocycles. The number of H-pyrrole nitrogens is 1. The number of benzene rings is 1. The van der Waals surface area contributed by atoms with E-state index >= 15 is 0 Å². The summed E-state index contributed by atoms with van der Waals surface area (Å²) in [5, 5.41) is 17.6. The highest BCUT2D eigenvalue weighted by atomic mass is 15.1. The molecule has 5 heteroatoms. The van der Waals surface area contributed by atoms with E-state index in [0.717, 1.165) is 46.9 Å². The van der Waals surface area contributed by atoms with Gasteiger partial charge in [-0.3, -0.25) is 5.10 Å². The van der Waals surface area contributed by atoms with Gasteiger partial charge in [-0.1, -0.05) is 0 Å². The predicted octanol–water partition coefficient (Wildman–Crippen LogP) is 3.33. The van der Waals surface area contributed by atoms with Gasteiger partial charge in [-0.15, -0.1) is 0 Å². The van der Waals surface area contributed by atoms with E-state index in [1.807, 2.05) is 18.3 Å². The first-order valence-corrected chi connectivity index (χ1v) is 7.96. The second-order valence-corrected chi connectivity index (χ2v) is 6.12. The second-order valence-electron chi connectivity index (χ2n) is 6.12. The van der Waals surface area contributed by atoms with Crippen LogP contribution in [0, 0.1) is 5.41 Å². The lowest BCUT2D eigenvalue weighted by Gasteiger charge is -2.22. The molecule has 0 amide bonds. The fourth-order valence-corrected chi connectivity index (χ4v) is 3.65. The average molecular weight is 305 g/mol. The smallest absolute Gasteiger partial charge is 0.0776 e. The highest BCUT2D eigenvalue weighted by molar-refractivity contribution is 6.21. The van der Waals surface area contributed by atoms with Gasteiger partial charge in [0.1, 0.15) is 0 Å². The van der Waals surface area contributed by atoms with Crippen molar-refractivity contribution in [3.8, 4) is 0 Å². The lowest BCUT2D eigenvalue weighted by molar-refractivity contribution is 0.686. The highest BCUT2D eigenvalue weighted by Gasteiger charge is 2.22. The van der Waals surface area contributed by atoms with Gasteiger partial charge in [0.25, 0.3) is 0 Å². The van der Waals surface area contributed by atoms with Gasteiger partial charge in [0.2, 0.25) is 0 Å². The Labute approximate surface area is 134 Å². The molecule has 0 radical (unpaired) electrons. The molecule has 4 rings (SSSR count). The summed E-state index contributed by atoms with van der Waals surface area (Å²) in [6.07, 6.45) is 7.78. The van der Waals surface area contributed by atoms with E-state index in [1.54, 1.807) is 6.92 Å². The minimum atomic E-state index is 0.455. The Morgan fingerprint density at radius 1 is 1.26 bits per heavy atom. The SMILES string of the molecule is CC(=N)/C(=C\N)c1nc2ccc3[nH]ncc3c2c2c1CCCC2. The molecule has 0 unspecified atom stereocenters. The number of aromatic nitrogens is 3. The number of pyridine rings is 1. The molecular formula is C18H19N5. The number of aryl methyl sites for hydroxylation is 1. The van der Waals surface area contributed by atoms with Crippen molar-refractivity contribution >= 4 is 33.1 Å². The zero-order valence-electron chi connectivity index (χ0n) is 13.1. The van der Waals surface area contributed by atoms with Gasteiger partial charge < -0.3 is 11.1 Å². The Hall–Kier alpha value is -2.69. The van der Waals surface area contributed by atoms with Crippen molar-refractivity contribution in [1.29, 1.82) is 5.41 Å². The molecule has 116 valence electrons. The number of hydrogen-bond donors (Lipinski definition) is 3. The number of aromatic amines is 1. The Morgan fingerprint density at radius 2 is 2.04 bits per heavy atom. The maximum absolute atomic E-state index is 8.02. The number of nitrogens with two attached hydrogens (primary N) is 1. The van der Waals surface area contributed by atoms with Crippen molar-refractivity contribution in [2.45, 2.75) is 32.6 Å². The number of fused-ring (bicyclic) bond motifs is 5. The first-order valence-electron chi connectivity index (χ1n) is 7.96. The summed E-state index contributed by atoms with van der Waals surface area (Å²) in [4.78, 5) is 4.88. The van der Waals surface area contributed by atoms with Crippen LogP contribution in [0.15, 0.2) is 24.5 Å². The lowest BCUT2D eigenvalue weighted by atomic mass is 9.85. The third-order valence-corrected chi connectivity index (χ3v) is 4.72. The monoisotopic (exact) mass is 305 g/mol. The quantitative estimate of drug-likeness (QED) is 0.634. The van der Waals surface area contributed by atoms with Crippen LogP contribution in [0.2, 0.25) is 0 Å². The summed E-state index contributed by atoms with van der Waals surface area (Å²) >= 11 is 0. The van der Waals surface area contributed by atoms with E-state index in [0.29, 0.717) is 5.71 Å². The normalized spacial score (nSPS) is 15.1. The van der Waals surface area contributed by atoms with Gasteiger partial charge in [-0.2, -0.15) is 5.10 Å². The molecule has 0 atom stereocenters. The van der Waals surface area contributed by atoms with E-state index in [1.165, 1.54) is 29.1 Å². The van der Waals surface area contributed by atoms with Gasteiger partial charge in [0.05, 0.1) is 22.9 Å². The van der Waals surface area contributed by atoms with Crippen LogP contribution in [-0.2, 0) is 12.8 Å². The van der Waals surface area contributed by atoms with Gasteiger partial charge in [-0.25, -0.2) is 4.98 Å². The number of allylic oxidation sites excluding steroid dienone is 1. The Bertz CT molecular complexity index is 964. The standard InChI is InChI=1S/C18H19N5/c1-10(20)13(8-19)18-12-5-3-2-4-11(12)17-14-9-21-23-15(14)6-7-16(17)22-18/h6-9,20H,2-5,19H2,1H3,(H,21,23)/b13-8+,20-10?. The molecule has 0 fully saturated rings. The molecule has 2 heterocycles. The van der Waals surface area contributed by atoms with Crippen molar-refractivity contribution in [2.75, 3.05) is 0 Å². The number of hydrogen-bond acceptors (Lipinski definition) is 4. The van der Waals surface area contributed by atoms with Crippen molar-refractivity contribution in [1.82, 2.24) is 15.2 Å².